The molecule has 0 aliphatic rings. The van der Waals surface area contributed by atoms with Gasteiger partial charge >= 0.3 is 5.97 Å². The molecule has 3 nitrogen and oxygen atoms in total. The molecule has 0 heterocycles. The van der Waals surface area contributed by atoms with Gasteiger partial charge in [0.05, 0.1) is 0 Å². The van der Waals surface area contributed by atoms with Crippen LogP contribution in [0, 0.1) is 0 Å². The molecule has 0 saturated carbocycles. The third-order valence-electron chi connectivity index (χ3n) is 2.05. The number of rotatable bonds is 4. The van der Waals surface area contributed by atoms with Gasteiger partial charge in [0.25, 0.3) is 0 Å². The third-order valence-corrected chi connectivity index (χ3v) is 2.97. The van der Waals surface area contributed by atoms with Gasteiger partial charge in [0.2, 0.25) is 0 Å². The topological polar surface area (TPSA) is 46.5 Å². The summed E-state index contributed by atoms with van der Waals surface area (Å²) < 4.78 is 4.83. The standard InChI is InChI=1S/C11H13BrO3/c1-9(13)15-8-11(14,7-12)10-5-3-2-4-6-10/h2-6,14H,7-8H2,1H3/t11-/m0/s1. The molecule has 1 atom stereocenters. The number of halogens is 1. The van der Waals surface area contributed by atoms with Crippen LogP contribution >= 0.6 is 15.9 Å². The van der Waals surface area contributed by atoms with Gasteiger partial charge in [-0.15, -0.1) is 0 Å². The highest BCUT2D eigenvalue weighted by atomic mass is 79.9. The summed E-state index contributed by atoms with van der Waals surface area (Å²) in [5, 5.41) is 10.5. The van der Waals surface area contributed by atoms with Gasteiger partial charge in [-0.3, -0.25) is 4.79 Å². The van der Waals surface area contributed by atoms with E-state index in [-0.39, 0.29) is 6.61 Å². The van der Waals surface area contributed by atoms with E-state index in [1.54, 1.807) is 12.1 Å². The first kappa shape index (κ1) is 12.2. The van der Waals surface area contributed by atoms with Gasteiger partial charge in [0.15, 0.2) is 0 Å². The number of benzene rings is 1. The molecule has 0 bridgehead atoms. The Labute approximate surface area is 97.2 Å². The molecule has 1 N–H and O–H groups in total. The van der Waals surface area contributed by atoms with Crippen LogP contribution in [0.15, 0.2) is 30.3 Å². The van der Waals surface area contributed by atoms with Gasteiger partial charge in [0, 0.05) is 12.3 Å². The van der Waals surface area contributed by atoms with Crippen molar-refractivity contribution < 1.29 is 14.6 Å². The number of hydrogen-bond acceptors (Lipinski definition) is 3. The molecular weight excluding hydrogens is 260 g/mol. The Balaban J connectivity index is 2.80. The number of hydrogen-bond donors (Lipinski definition) is 1. The maximum absolute atomic E-state index is 10.7. The second-order valence-electron chi connectivity index (χ2n) is 3.31. The minimum Gasteiger partial charge on any atom is -0.462 e. The Hall–Kier alpha value is -0.870. The number of aliphatic hydroxyl groups is 1. The molecule has 0 spiro atoms. The van der Waals surface area contributed by atoms with Crippen LogP contribution in [0.3, 0.4) is 0 Å². The molecule has 15 heavy (non-hydrogen) atoms. The molecule has 0 amide bonds. The summed E-state index contributed by atoms with van der Waals surface area (Å²) in [6, 6.07) is 9.12. The monoisotopic (exact) mass is 272 g/mol. The van der Waals surface area contributed by atoms with Gasteiger partial charge in [0.1, 0.15) is 12.2 Å². The second kappa shape index (κ2) is 5.28. The number of carbonyl (C=O) groups excluding carboxylic acids is 1. The van der Waals surface area contributed by atoms with Gasteiger partial charge in [-0.2, -0.15) is 0 Å². The van der Waals surface area contributed by atoms with Crippen molar-refractivity contribution in [3.05, 3.63) is 35.9 Å². The van der Waals surface area contributed by atoms with E-state index in [1.807, 2.05) is 18.2 Å². The highest BCUT2D eigenvalue weighted by Gasteiger charge is 2.29. The average molecular weight is 273 g/mol. The van der Waals surface area contributed by atoms with Crippen LogP contribution in [0.5, 0.6) is 0 Å². The number of ether oxygens (including phenoxy) is 1. The van der Waals surface area contributed by atoms with Crippen LogP contribution in [-0.4, -0.2) is 23.0 Å². The van der Waals surface area contributed by atoms with Crippen LogP contribution in [0.1, 0.15) is 12.5 Å². The number of alkyl halides is 1. The normalized spacial score (nSPS) is 14.3. The van der Waals surface area contributed by atoms with E-state index in [4.69, 9.17) is 4.74 Å². The zero-order valence-electron chi connectivity index (χ0n) is 8.44. The lowest BCUT2D eigenvalue weighted by Gasteiger charge is -2.25. The quantitative estimate of drug-likeness (QED) is 0.672. The SMILES string of the molecule is CC(=O)OC[C@@](O)(CBr)c1ccccc1. The molecule has 0 saturated heterocycles. The van der Waals surface area contributed by atoms with Crippen molar-refractivity contribution in [3.8, 4) is 0 Å². The maximum atomic E-state index is 10.7. The Morgan fingerprint density at radius 3 is 2.53 bits per heavy atom. The number of esters is 1. The minimum atomic E-state index is -1.16. The molecule has 0 radical (unpaired) electrons. The molecule has 0 unspecified atom stereocenters. The van der Waals surface area contributed by atoms with E-state index >= 15 is 0 Å². The van der Waals surface area contributed by atoms with Crippen molar-refractivity contribution in [3.63, 3.8) is 0 Å². The summed E-state index contributed by atoms with van der Waals surface area (Å²) in [6.45, 7) is 1.28. The minimum absolute atomic E-state index is 0.0441. The highest BCUT2D eigenvalue weighted by molar-refractivity contribution is 9.09. The van der Waals surface area contributed by atoms with E-state index < -0.39 is 11.6 Å². The van der Waals surface area contributed by atoms with E-state index in [0.29, 0.717) is 5.33 Å². The van der Waals surface area contributed by atoms with Crippen molar-refractivity contribution in [1.82, 2.24) is 0 Å². The fraction of sp³-hybridized carbons (Fsp3) is 0.364. The molecule has 0 aliphatic heterocycles. The molecule has 0 aliphatic carbocycles. The maximum Gasteiger partial charge on any atom is 0.302 e. The number of carbonyl (C=O) groups is 1. The van der Waals surface area contributed by atoms with Crippen molar-refractivity contribution >= 4 is 21.9 Å². The van der Waals surface area contributed by atoms with Gasteiger partial charge < -0.3 is 9.84 Å². The first-order valence-corrected chi connectivity index (χ1v) is 5.68. The van der Waals surface area contributed by atoms with Crippen LogP contribution in [0.2, 0.25) is 0 Å². The zero-order valence-corrected chi connectivity index (χ0v) is 10.0. The van der Waals surface area contributed by atoms with Gasteiger partial charge in [-0.05, 0) is 5.56 Å². The van der Waals surface area contributed by atoms with Crippen LogP contribution in [0.4, 0.5) is 0 Å². The zero-order chi connectivity index (χ0) is 11.3. The largest absolute Gasteiger partial charge is 0.462 e. The first-order valence-electron chi connectivity index (χ1n) is 4.56. The Morgan fingerprint density at radius 1 is 1.47 bits per heavy atom. The molecule has 1 aromatic rings. The smallest absolute Gasteiger partial charge is 0.302 e. The lowest BCUT2D eigenvalue weighted by Crippen LogP contribution is -2.34. The predicted octanol–water partition coefficient (Wildman–Crippen LogP) is 1.83. The van der Waals surface area contributed by atoms with E-state index in [0.717, 1.165) is 5.56 Å². The Morgan fingerprint density at radius 2 is 2.07 bits per heavy atom. The van der Waals surface area contributed by atoms with E-state index in [1.165, 1.54) is 6.92 Å². The lowest BCUT2D eigenvalue weighted by molar-refractivity contribution is -0.148. The summed E-state index contributed by atoms with van der Waals surface area (Å²) in [5.41, 5.74) is -0.435. The summed E-state index contributed by atoms with van der Waals surface area (Å²) in [5.74, 6) is -0.398. The van der Waals surface area contributed by atoms with Crippen molar-refractivity contribution in [2.24, 2.45) is 0 Å². The predicted molar refractivity (Wildman–Crippen MR) is 60.8 cm³/mol. The average Bonchev–Trinajstić information content (AvgIpc) is 2.27. The van der Waals surface area contributed by atoms with Gasteiger partial charge in [-0.1, -0.05) is 46.3 Å². The Kier molecular flexibility index (Phi) is 4.29. The van der Waals surface area contributed by atoms with Gasteiger partial charge in [-0.25, -0.2) is 0 Å². The van der Waals surface area contributed by atoms with Crippen LogP contribution in [0.25, 0.3) is 0 Å². The van der Waals surface area contributed by atoms with Crippen molar-refractivity contribution in [2.75, 3.05) is 11.9 Å². The van der Waals surface area contributed by atoms with Crippen molar-refractivity contribution in [1.29, 1.82) is 0 Å². The summed E-state index contributed by atoms with van der Waals surface area (Å²) in [6.07, 6.45) is 0. The van der Waals surface area contributed by atoms with Crippen molar-refractivity contribution in [2.45, 2.75) is 12.5 Å². The molecule has 0 fully saturated rings. The highest BCUT2D eigenvalue weighted by Crippen LogP contribution is 2.23. The van der Waals surface area contributed by atoms with E-state index in [9.17, 15) is 9.90 Å². The van der Waals surface area contributed by atoms with Crippen LogP contribution < -0.4 is 0 Å². The third kappa shape index (κ3) is 3.32. The summed E-state index contributed by atoms with van der Waals surface area (Å²) >= 11 is 3.22. The molecule has 1 aromatic carbocycles. The Bertz CT molecular complexity index is 326. The molecule has 4 heteroatoms. The second-order valence-corrected chi connectivity index (χ2v) is 3.87. The first-order chi connectivity index (χ1) is 7.08. The summed E-state index contributed by atoms with van der Waals surface area (Å²) in [7, 11) is 0. The molecule has 1 rings (SSSR count). The fourth-order valence-electron chi connectivity index (χ4n) is 1.17. The lowest BCUT2D eigenvalue weighted by atomic mass is 9.97. The summed E-state index contributed by atoms with van der Waals surface area (Å²) in [4.78, 5) is 10.7. The van der Waals surface area contributed by atoms with Crippen LogP contribution in [-0.2, 0) is 15.1 Å². The molecular formula is C11H13BrO3. The molecule has 82 valence electrons. The van der Waals surface area contributed by atoms with E-state index in [2.05, 4.69) is 15.9 Å². The fourth-order valence-corrected chi connectivity index (χ4v) is 1.65. The molecule has 0 aromatic heterocycles.